The fourth-order valence-corrected chi connectivity index (χ4v) is 1.68. The molecule has 1 amide bonds. The summed E-state index contributed by atoms with van der Waals surface area (Å²) >= 11 is 0. The number of furan rings is 1. The minimum atomic E-state index is -0.494. The van der Waals surface area contributed by atoms with Gasteiger partial charge in [0.1, 0.15) is 0 Å². The highest BCUT2D eigenvalue weighted by molar-refractivity contribution is 5.98. The van der Waals surface area contributed by atoms with Crippen LogP contribution in [0.25, 0.3) is 11.0 Å². The largest absolute Gasteiger partial charge is 0.448 e. The summed E-state index contributed by atoms with van der Waals surface area (Å²) in [6.45, 7) is 1.68. The van der Waals surface area contributed by atoms with Gasteiger partial charge in [-0.3, -0.25) is 4.79 Å². The molecule has 0 unspecified atom stereocenters. The zero-order valence-electron chi connectivity index (χ0n) is 9.29. The predicted octanol–water partition coefficient (Wildman–Crippen LogP) is 1.60. The van der Waals surface area contributed by atoms with Gasteiger partial charge in [0.15, 0.2) is 17.2 Å². The summed E-state index contributed by atoms with van der Waals surface area (Å²) < 4.78 is 18.6. The smallest absolute Gasteiger partial charge is 0.287 e. The second kappa shape index (κ2) is 4.55. The fourth-order valence-electron chi connectivity index (χ4n) is 1.68. The predicted molar refractivity (Wildman–Crippen MR) is 60.3 cm³/mol. The van der Waals surface area contributed by atoms with E-state index in [9.17, 15) is 9.18 Å². The molecule has 1 aromatic heterocycles. The third-order valence-corrected chi connectivity index (χ3v) is 2.52. The molecule has 4 nitrogen and oxygen atoms in total. The van der Waals surface area contributed by atoms with E-state index >= 15 is 0 Å². The van der Waals surface area contributed by atoms with E-state index in [2.05, 4.69) is 5.32 Å². The molecule has 1 aromatic carbocycles. The second-order valence-electron chi connectivity index (χ2n) is 3.65. The molecule has 0 atom stereocenters. The Morgan fingerprint density at radius 3 is 2.94 bits per heavy atom. The van der Waals surface area contributed by atoms with Crippen molar-refractivity contribution in [1.82, 2.24) is 5.32 Å². The van der Waals surface area contributed by atoms with E-state index in [0.29, 0.717) is 10.9 Å². The van der Waals surface area contributed by atoms with Crippen molar-refractivity contribution in [1.29, 1.82) is 0 Å². The monoisotopic (exact) mass is 237 g/mol. The number of carbonyl (C=O) groups is 1. The van der Waals surface area contributed by atoms with Gasteiger partial charge in [-0.2, -0.15) is 0 Å². The number of fused-ring (bicyclic) bond motifs is 1. The Hall–Kier alpha value is -1.88. The molecule has 0 aliphatic rings. The molecule has 17 heavy (non-hydrogen) atoms. The molecule has 90 valence electrons. The van der Waals surface area contributed by atoms with Crippen LogP contribution >= 0.6 is 0 Å². The molecule has 1 heterocycles. The fraction of sp³-hybridized carbons (Fsp3) is 0.250. The highest BCUT2D eigenvalue weighted by atomic mass is 19.1. The van der Waals surface area contributed by atoms with Crippen molar-refractivity contribution in [3.8, 4) is 0 Å². The number of amides is 1. The number of para-hydroxylation sites is 1. The summed E-state index contributed by atoms with van der Waals surface area (Å²) in [7, 11) is 0. The van der Waals surface area contributed by atoms with Gasteiger partial charge < -0.3 is 14.8 Å². The molecular weight excluding hydrogens is 225 g/mol. The third-order valence-electron chi connectivity index (χ3n) is 2.52. The van der Waals surface area contributed by atoms with E-state index in [-0.39, 0.29) is 24.5 Å². The van der Waals surface area contributed by atoms with E-state index in [4.69, 9.17) is 9.52 Å². The van der Waals surface area contributed by atoms with E-state index in [1.165, 1.54) is 6.07 Å². The Balaban J connectivity index is 2.45. The molecular formula is C12H12FNO3. The molecule has 2 aromatic rings. The summed E-state index contributed by atoms with van der Waals surface area (Å²) in [6.07, 6.45) is 0. The highest BCUT2D eigenvalue weighted by Gasteiger charge is 2.18. The first-order chi connectivity index (χ1) is 8.15. The van der Waals surface area contributed by atoms with E-state index in [0.717, 1.165) is 0 Å². The average Bonchev–Trinajstić information content (AvgIpc) is 2.66. The first-order valence-electron chi connectivity index (χ1n) is 5.22. The Morgan fingerprint density at radius 2 is 2.29 bits per heavy atom. The lowest BCUT2D eigenvalue weighted by Gasteiger charge is -2.00. The lowest BCUT2D eigenvalue weighted by Crippen LogP contribution is -2.26. The maximum absolute atomic E-state index is 13.4. The third kappa shape index (κ3) is 2.01. The van der Waals surface area contributed by atoms with Crippen LogP contribution in [0.1, 0.15) is 16.1 Å². The number of hydrogen-bond donors (Lipinski definition) is 2. The molecule has 2 N–H and O–H groups in total. The Bertz CT molecular complexity index is 562. The van der Waals surface area contributed by atoms with Crippen LogP contribution in [0.15, 0.2) is 22.6 Å². The van der Waals surface area contributed by atoms with E-state index in [1.807, 2.05) is 0 Å². The molecule has 0 bridgehead atoms. The van der Waals surface area contributed by atoms with Crippen LogP contribution < -0.4 is 5.32 Å². The quantitative estimate of drug-likeness (QED) is 0.852. The first kappa shape index (κ1) is 11.6. The molecule has 0 spiro atoms. The van der Waals surface area contributed by atoms with Crippen molar-refractivity contribution in [3.63, 3.8) is 0 Å². The van der Waals surface area contributed by atoms with Gasteiger partial charge in [-0.05, 0) is 13.0 Å². The molecule has 0 saturated heterocycles. The van der Waals surface area contributed by atoms with E-state index < -0.39 is 11.7 Å². The van der Waals surface area contributed by atoms with Crippen LogP contribution in [0, 0.1) is 12.7 Å². The van der Waals surface area contributed by atoms with Crippen LogP contribution in [0.3, 0.4) is 0 Å². The number of carbonyl (C=O) groups excluding carboxylic acids is 1. The van der Waals surface area contributed by atoms with Crippen molar-refractivity contribution in [3.05, 3.63) is 35.3 Å². The minimum Gasteiger partial charge on any atom is -0.448 e. The number of hydrogen-bond acceptors (Lipinski definition) is 3. The summed E-state index contributed by atoms with van der Waals surface area (Å²) in [5.41, 5.74) is 0.675. The average molecular weight is 237 g/mol. The molecule has 2 rings (SSSR count). The van der Waals surface area contributed by atoms with Gasteiger partial charge in [-0.25, -0.2) is 4.39 Å². The number of aliphatic hydroxyl groups excluding tert-OH is 1. The maximum atomic E-state index is 13.4. The molecule has 5 heteroatoms. The Kier molecular flexibility index (Phi) is 3.10. The van der Waals surface area contributed by atoms with E-state index in [1.54, 1.807) is 19.1 Å². The van der Waals surface area contributed by atoms with Gasteiger partial charge in [-0.15, -0.1) is 0 Å². The molecule has 0 fully saturated rings. The first-order valence-corrected chi connectivity index (χ1v) is 5.22. The van der Waals surface area contributed by atoms with Gasteiger partial charge in [0.25, 0.3) is 5.91 Å². The Labute approximate surface area is 97.0 Å². The van der Waals surface area contributed by atoms with Crippen LogP contribution in [-0.2, 0) is 0 Å². The van der Waals surface area contributed by atoms with Crippen LogP contribution in [-0.4, -0.2) is 24.2 Å². The summed E-state index contributed by atoms with van der Waals surface area (Å²) in [4.78, 5) is 11.7. The SMILES string of the molecule is Cc1c(C(=O)NCCO)oc2c(F)cccc12. The van der Waals surface area contributed by atoms with Crippen molar-refractivity contribution in [2.24, 2.45) is 0 Å². The highest BCUT2D eigenvalue weighted by Crippen LogP contribution is 2.26. The van der Waals surface area contributed by atoms with Crippen molar-refractivity contribution < 1.29 is 18.7 Å². The lowest BCUT2D eigenvalue weighted by molar-refractivity contribution is 0.0918. The Morgan fingerprint density at radius 1 is 1.53 bits per heavy atom. The summed E-state index contributed by atoms with van der Waals surface area (Å²) in [6, 6.07) is 4.54. The van der Waals surface area contributed by atoms with Gasteiger partial charge in [0.05, 0.1) is 6.61 Å². The molecule has 0 aliphatic heterocycles. The van der Waals surface area contributed by atoms with Crippen LogP contribution in [0.4, 0.5) is 4.39 Å². The topological polar surface area (TPSA) is 62.5 Å². The van der Waals surface area contributed by atoms with Crippen LogP contribution in [0.5, 0.6) is 0 Å². The van der Waals surface area contributed by atoms with Crippen molar-refractivity contribution in [2.45, 2.75) is 6.92 Å². The number of benzene rings is 1. The normalized spacial score (nSPS) is 10.8. The zero-order chi connectivity index (χ0) is 12.4. The van der Waals surface area contributed by atoms with Gasteiger partial charge >= 0.3 is 0 Å². The lowest BCUT2D eigenvalue weighted by atomic mass is 10.1. The second-order valence-corrected chi connectivity index (χ2v) is 3.65. The summed E-state index contributed by atoms with van der Waals surface area (Å²) in [5, 5.41) is 11.7. The molecule has 0 saturated carbocycles. The zero-order valence-corrected chi connectivity index (χ0v) is 9.29. The number of rotatable bonds is 3. The number of aryl methyl sites for hydroxylation is 1. The summed E-state index contributed by atoms with van der Waals surface area (Å²) in [5.74, 6) is -0.863. The van der Waals surface area contributed by atoms with Crippen molar-refractivity contribution >= 4 is 16.9 Å². The molecule has 0 aliphatic carbocycles. The number of halogens is 1. The number of aliphatic hydroxyl groups is 1. The van der Waals surface area contributed by atoms with Gasteiger partial charge in [0.2, 0.25) is 0 Å². The maximum Gasteiger partial charge on any atom is 0.287 e. The number of nitrogens with one attached hydrogen (secondary N) is 1. The van der Waals surface area contributed by atoms with Gasteiger partial charge in [-0.1, -0.05) is 12.1 Å². The van der Waals surface area contributed by atoms with Gasteiger partial charge in [0, 0.05) is 17.5 Å². The van der Waals surface area contributed by atoms with Crippen molar-refractivity contribution in [2.75, 3.05) is 13.2 Å². The molecule has 0 radical (unpaired) electrons. The standard InChI is InChI=1S/C12H12FNO3/c1-7-8-3-2-4-9(13)11(8)17-10(7)12(16)14-5-6-15/h2-4,15H,5-6H2,1H3,(H,14,16). The minimum absolute atomic E-state index is 0.0820. The van der Waals surface area contributed by atoms with Crippen LogP contribution in [0.2, 0.25) is 0 Å².